The molecule has 0 saturated carbocycles. The Balaban J connectivity index is 1.59. The van der Waals surface area contributed by atoms with Crippen LogP contribution in [0.5, 0.6) is 0 Å². The molecule has 1 heterocycles. The van der Waals surface area contributed by atoms with Gasteiger partial charge in [-0.1, -0.05) is 35.9 Å². The number of nitrogens with one attached hydrogen (secondary N) is 1. The molecule has 0 radical (unpaired) electrons. The van der Waals surface area contributed by atoms with E-state index in [1.54, 1.807) is 4.68 Å². The van der Waals surface area contributed by atoms with Crippen LogP contribution in [0.2, 0.25) is 0 Å². The van der Waals surface area contributed by atoms with Crippen LogP contribution in [-0.4, -0.2) is 31.9 Å². The summed E-state index contributed by atoms with van der Waals surface area (Å²) in [4.78, 5) is 12.0. The summed E-state index contributed by atoms with van der Waals surface area (Å²) in [5.41, 5.74) is 4.07. The molecule has 0 atom stereocenters. The van der Waals surface area contributed by atoms with Gasteiger partial charge in [-0.25, -0.2) is 0 Å². The molecule has 0 aliphatic heterocycles. The highest BCUT2D eigenvalue weighted by Crippen LogP contribution is 2.18. The second kappa shape index (κ2) is 7.94. The Hall–Kier alpha value is -2.67. The number of para-hydroxylation sites is 1. The zero-order valence-electron chi connectivity index (χ0n) is 14.1. The monoisotopic (exact) mass is 353 g/mol. The van der Waals surface area contributed by atoms with Crippen LogP contribution in [0.1, 0.15) is 17.0 Å². The highest BCUT2D eigenvalue weighted by molar-refractivity contribution is 7.99. The average Bonchev–Trinajstić information content (AvgIpc) is 3.04. The third-order valence-corrected chi connectivity index (χ3v) is 4.57. The number of hydrogen-bond acceptors (Lipinski definition) is 5. The largest absolute Gasteiger partial charge is 0.325 e. The van der Waals surface area contributed by atoms with Gasteiger partial charge >= 0.3 is 0 Å². The third-order valence-electron chi connectivity index (χ3n) is 3.64. The lowest BCUT2D eigenvalue weighted by molar-refractivity contribution is -0.113. The smallest absolute Gasteiger partial charge is 0.234 e. The molecule has 3 rings (SSSR count). The molecule has 2 aromatic carbocycles. The number of tetrazole rings is 1. The first kappa shape index (κ1) is 17.2. The number of amides is 1. The van der Waals surface area contributed by atoms with Crippen molar-refractivity contribution >= 4 is 23.4 Å². The maximum atomic E-state index is 12.0. The van der Waals surface area contributed by atoms with Gasteiger partial charge in [0.15, 0.2) is 5.82 Å². The lowest BCUT2D eigenvalue weighted by Crippen LogP contribution is -2.14. The minimum absolute atomic E-state index is 0.0401. The number of carbonyl (C=O) groups is 1. The molecule has 1 N–H and O–H groups in total. The van der Waals surface area contributed by atoms with Crippen molar-refractivity contribution in [1.82, 2.24) is 20.2 Å². The maximum Gasteiger partial charge on any atom is 0.234 e. The molecule has 0 bridgehead atoms. The molecule has 3 aromatic rings. The summed E-state index contributed by atoms with van der Waals surface area (Å²) in [5.74, 6) is 1.59. The van der Waals surface area contributed by atoms with E-state index in [9.17, 15) is 4.79 Å². The van der Waals surface area contributed by atoms with Crippen molar-refractivity contribution < 1.29 is 4.79 Å². The summed E-state index contributed by atoms with van der Waals surface area (Å²) < 4.78 is 1.73. The number of anilines is 1. The van der Waals surface area contributed by atoms with Crippen molar-refractivity contribution in [2.24, 2.45) is 0 Å². The van der Waals surface area contributed by atoms with Crippen molar-refractivity contribution in [2.75, 3.05) is 11.1 Å². The van der Waals surface area contributed by atoms with Gasteiger partial charge in [0, 0.05) is 5.69 Å². The number of thioether (sulfide) groups is 1. The molecular weight excluding hydrogens is 334 g/mol. The van der Waals surface area contributed by atoms with E-state index in [-0.39, 0.29) is 5.91 Å². The quantitative estimate of drug-likeness (QED) is 0.737. The van der Waals surface area contributed by atoms with E-state index in [1.807, 2.05) is 49.4 Å². The Morgan fingerprint density at radius 1 is 1.16 bits per heavy atom. The van der Waals surface area contributed by atoms with E-state index >= 15 is 0 Å². The number of aryl methyl sites for hydroxylation is 2. The van der Waals surface area contributed by atoms with Crippen molar-refractivity contribution in [3.8, 4) is 5.69 Å². The van der Waals surface area contributed by atoms with Gasteiger partial charge < -0.3 is 5.32 Å². The van der Waals surface area contributed by atoms with Crippen LogP contribution in [0, 0.1) is 13.8 Å². The number of benzene rings is 2. The number of nitrogens with zero attached hydrogens (tertiary/aromatic N) is 4. The minimum Gasteiger partial charge on any atom is -0.325 e. The van der Waals surface area contributed by atoms with E-state index in [2.05, 4.69) is 33.8 Å². The van der Waals surface area contributed by atoms with Crippen LogP contribution in [0.15, 0.2) is 48.5 Å². The minimum atomic E-state index is -0.0401. The first-order valence-electron chi connectivity index (χ1n) is 7.91. The number of hydrogen-bond donors (Lipinski definition) is 1. The second-order valence-corrected chi connectivity index (χ2v) is 6.69. The Labute approximate surface area is 150 Å². The van der Waals surface area contributed by atoms with Crippen molar-refractivity contribution in [2.45, 2.75) is 19.6 Å². The van der Waals surface area contributed by atoms with E-state index in [0.717, 1.165) is 22.8 Å². The van der Waals surface area contributed by atoms with Crippen molar-refractivity contribution in [1.29, 1.82) is 0 Å². The van der Waals surface area contributed by atoms with Gasteiger partial charge in [-0.05, 0) is 48.0 Å². The van der Waals surface area contributed by atoms with Crippen LogP contribution >= 0.6 is 11.8 Å². The first-order chi connectivity index (χ1) is 12.1. The fourth-order valence-electron chi connectivity index (χ4n) is 2.48. The molecule has 25 heavy (non-hydrogen) atoms. The molecule has 128 valence electrons. The topological polar surface area (TPSA) is 72.7 Å². The predicted molar refractivity (Wildman–Crippen MR) is 99.9 cm³/mol. The Morgan fingerprint density at radius 2 is 1.96 bits per heavy atom. The van der Waals surface area contributed by atoms with Crippen molar-refractivity contribution in [3.05, 3.63) is 65.5 Å². The molecular formula is C18H19N5OS. The fraction of sp³-hybridized carbons (Fsp3) is 0.222. The van der Waals surface area contributed by atoms with E-state index in [4.69, 9.17) is 0 Å². The zero-order valence-corrected chi connectivity index (χ0v) is 15.0. The molecule has 0 unspecified atom stereocenters. The molecule has 0 aliphatic rings. The summed E-state index contributed by atoms with van der Waals surface area (Å²) in [5, 5.41) is 14.8. The zero-order chi connectivity index (χ0) is 17.6. The molecule has 6 nitrogen and oxygen atoms in total. The second-order valence-electron chi connectivity index (χ2n) is 5.70. The van der Waals surface area contributed by atoms with Gasteiger partial charge in [0.05, 0.1) is 17.2 Å². The lowest BCUT2D eigenvalue weighted by Gasteiger charge is -2.08. The van der Waals surface area contributed by atoms with Gasteiger partial charge in [-0.15, -0.1) is 16.9 Å². The molecule has 1 amide bonds. The molecule has 0 spiro atoms. The highest BCUT2D eigenvalue weighted by atomic mass is 32.2. The van der Waals surface area contributed by atoms with Crippen LogP contribution in [0.3, 0.4) is 0 Å². The standard InChI is InChI=1S/C18H19N5OS/c1-13-8-9-16(14(2)10-13)23-17(20-21-22-23)11-25-12-18(24)19-15-6-4-3-5-7-15/h3-10H,11-12H2,1-2H3,(H,19,24). The summed E-state index contributed by atoms with van der Waals surface area (Å²) in [6.07, 6.45) is 0. The summed E-state index contributed by atoms with van der Waals surface area (Å²) in [6, 6.07) is 15.6. The Morgan fingerprint density at radius 3 is 2.72 bits per heavy atom. The maximum absolute atomic E-state index is 12.0. The van der Waals surface area contributed by atoms with E-state index in [1.165, 1.54) is 17.3 Å². The summed E-state index contributed by atoms with van der Waals surface area (Å²) in [7, 11) is 0. The normalized spacial score (nSPS) is 10.6. The van der Waals surface area contributed by atoms with Crippen molar-refractivity contribution in [3.63, 3.8) is 0 Å². The molecule has 1 aromatic heterocycles. The van der Waals surface area contributed by atoms with Gasteiger partial charge in [0.1, 0.15) is 0 Å². The Bertz CT molecular complexity index is 863. The molecule has 7 heteroatoms. The third kappa shape index (κ3) is 4.45. The molecule has 0 aliphatic carbocycles. The SMILES string of the molecule is Cc1ccc(-n2nnnc2CSCC(=O)Nc2ccccc2)c(C)c1. The summed E-state index contributed by atoms with van der Waals surface area (Å²) >= 11 is 1.48. The average molecular weight is 353 g/mol. The fourth-order valence-corrected chi connectivity index (χ4v) is 3.20. The van der Waals surface area contributed by atoms with Crippen LogP contribution in [0.25, 0.3) is 5.69 Å². The molecule has 0 fully saturated rings. The number of carbonyl (C=O) groups excluding carboxylic acids is 1. The van der Waals surface area contributed by atoms with Crippen LogP contribution in [-0.2, 0) is 10.5 Å². The van der Waals surface area contributed by atoms with Crippen LogP contribution < -0.4 is 5.32 Å². The molecule has 0 saturated heterocycles. The number of rotatable bonds is 6. The van der Waals surface area contributed by atoms with Gasteiger partial charge in [0.25, 0.3) is 0 Å². The lowest BCUT2D eigenvalue weighted by atomic mass is 10.1. The van der Waals surface area contributed by atoms with E-state index < -0.39 is 0 Å². The predicted octanol–water partition coefficient (Wildman–Crippen LogP) is 3.15. The Kier molecular flexibility index (Phi) is 5.45. The number of aromatic nitrogens is 4. The summed E-state index contributed by atoms with van der Waals surface area (Å²) in [6.45, 7) is 4.09. The van der Waals surface area contributed by atoms with Crippen LogP contribution in [0.4, 0.5) is 5.69 Å². The van der Waals surface area contributed by atoms with Gasteiger partial charge in [-0.2, -0.15) is 4.68 Å². The first-order valence-corrected chi connectivity index (χ1v) is 9.06. The van der Waals surface area contributed by atoms with Gasteiger partial charge in [0.2, 0.25) is 5.91 Å². The highest BCUT2D eigenvalue weighted by Gasteiger charge is 2.11. The van der Waals surface area contributed by atoms with Gasteiger partial charge in [-0.3, -0.25) is 4.79 Å². The van der Waals surface area contributed by atoms with E-state index in [0.29, 0.717) is 11.5 Å².